The van der Waals surface area contributed by atoms with Crippen molar-refractivity contribution in [3.05, 3.63) is 102 Å². The smallest absolute Gasteiger partial charge is 0.147 e. The van der Waals surface area contributed by atoms with Gasteiger partial charge in [-0.15, -0.1) is 0 Å². The summed E-state index contributed by atoms with van der Waals surface area (Å²) in [5.74, 6) is 0.904. The van der Waals surface area contributed by atoms with E-state index in [1.54, 1.807) is 0 Å². The van der Waals surface area contributed by atoms with E-state index >= 15 is 0 Å². The van der Waals surface area contributed by atoms with Crippen molar-refractivity contribution in [1.82, 2.24) is 10.4 Å². The summed E-state index contributed by atoms with van der Waals surface area (Å²) in [5.41, 5.74) is 9.69. The summed E-state index contributed by atoms with van der Waals surface area (Å²) in [6, 6.07) is 24.1. The number of hydrogen-bond acceptors (Lipinski definition) is 5. The van der Waals surface area contributed by atoms with E-state index in [4.69, 9.17) is 0 Å². The van der Waals surface area contributed by atoms with Gasteiger partial charge in [0.25, 0.3) is 0 Å². The average molecular weight is 524 g/mol. The molecule has 4 rings (SSSR count). The number of nitrogens with one attached hydrogen (secondary N) is 1. The minimum Gasteiger partial charge on any atom is -0.372 e. The maximum atomic E-state index is 4.63. The molecule has 0 saturated carbocycles. The lowest BCUT2D eigenvalue weighted by atomic mass is 10.0. The second kappa shape index (κ2) is 14.4. The number of hydrazine groups is 1. The molecule has 3 aromatic rings. The van der Waals surface area contributed by atoms with Gasteiger partial charge in [-0.3, -0.25) is 10.4 Å². The molecular weight excluding hydrogens is 478 g/mol. The molecule has 0 amide bonds. The molecule has 1 N–H and O–H groups in total. The minimum atomic E-state index is 0.0541. The Morgan fingerprint density at radius 2 is 1.28 bits per heavy atom. The summed E-state index contributed by atoms with van der Waals surface area (Å²) >= 11 is 0. The van der Waals surface area contributed by atoms with Crippen LogP contribution < -0.4 is 20.2 Å². The Labute approximate surface area is 235 Å². The van der Waals surface area contributed by atoms with Crippen LogP contribution in [-0.4, -0.2) is 31.2 Å². The molecular formula is C34H45N5. The zero-order valence-electron chi connectivity index (χ0n) is 24.2. The first kappa shape index (κ1) is 28.3. The number of anilines is 3. The first-order valence-corrected chi connectivity index (χ1v) is 14.7. The molecule has 1 aliphatic rings. The van der Waals surface area contributed by atoms with E-state index in [-0.39, 0.29) is 6.04 Å². The Hall–Kier alpha value is -3.73. The van der Waals surface area contributed by atoms with Crippen LogP contribution in [0.25, 0.3) is 6.08 Å². The second-order valence-electron chi connectivity index (χ2n) is 10.2. The highest BCUT2D eigenvalue weighted by Crippen LogP contribution is 2.32. The third-order valence-electron chi connectivity index (χ3n) is 7.05. The number of rotatable bonds is 14. The third kappa shape index (κ3) is 7.44. The summed E-state index contributed by atoms with van der Waals surface area (Å²) < 4.78 is 0. The Kier molecular flexibility index (Phi) is 10.5. The van der Waals surface area contributed by atoms with Crippen LogP contribution in [0.3, 0.4) is 0 Å². The molecule has 5 heteroatoms. The molecule has 2 heterocycles. The molecule has 1 aromatic heterocycles. The second-order valence-corrected chi connectivity index (χ2v) is 10.2. The van der Waals surface area contributed by atoms with Gasteiger partial charge in [-0.05, 0) is 85.4 Å². The van der Waals surface area contributed by atoms with Crippen LogP contribution in [-0.2, 0) is 0 Å². The highest BCUT2D eigenvalue weighted by atomic mass is 15.6. The lowest BCUT2D eigenvalue weighted by molar-refractivity contribution is 0.696. The number of pyridine rings is 1. The molecule has 39 heavy (non-hydrogen) atoms. The first-order valence-electron chi connectivity index (χ1n) is 14.7. The summed E-state index contributed by atoms with van der Waals surface area (Å²) in [4.78, 5) is 9.58. The van der Waals surface area contributed by atoms with Crippen molar-refractivity contribution in [2.45, 2.75) is 59.4 Å². The minimum absolute atomic E-state index is 0.0541. The maximum Gasteiger partial charge on any atom is 0.147 e. The predicted octanol–water partition coefficient (Wildman–Crippen LogP) is 8.00. The number of benzene rings is 2. The van der Waals surface area contributed by atoms with Gasteiger partial charge in [0, 0.05) is 43.8 Å². The fraction of sp³-hybridized carbons (Fsp3) is 0.382. The molecule has 206 valence electrons. The Bertz CT molecular complexity index is 1170. The fourth-order valence-electron chi connectivity index (χ4n) is 5.21. The van der Waals surface area contributed by atoms with E-state index in [1.165, 1.54) is 22.5 Å². The molecule has 0 bridgehead atoms. The normalized spacial score (nSPS) is 14.9. The molecule has 1 aliphatic heterocycles. The van der Waals surface area contributed by atoms with Gasteiger partial charge in [0.2, 0.25) is 0 Å². The van der Waals surface area contributed by atoms with Gasteiger partial charge in [-0.2, -0.15) is 0 Å². The van der Waals surface area contributed by atoms with Gasteiger partial charge < -0.3 is 9.80 Å². The maximum absolute atomic E-state index is 4.63. The van der Waals surface area contributed by atoms with Crippen LogP contribution in [0.4, 0.5) is 17.2 Å². The first-order chi connectivity index (χ1) is 19.2. The summed E-state index contributed by atoms with van der Waals surface area (Å²) in [6.07, 6.45) is 13.1. The number of nitrogens with zero attached hydrogens (tertiary/aromatic N) is 4. The van der Waals surface area contributed by atoms with Crippen LogP contribution >= 0.6 is 0 Å². The molecule has 0 saturated heterocycles. The highest BCUT2D eigenvalue weighted by Gasteiger charge is 2.26. The van der Waals surface area contributed by atoms with Crippen molar-refractivity contribution in [2.24, 2.45) is 0 Å². The largest absolute Gasteiger partial charge is 0.372 e. The number of hydrogen-bond donors (Lipinski definition) is 1. The lowest BCUT2D eigenvalue weighted by Gasteiger charge is -2.27. The van der Waals surface area contributed by atoms with Crippen molar-refractivity contribution in [3.8, 4) is 0 Å². The van der Waals surface area contributed by atoms with E-state index in [0.717, 1.165) is 63.4 Å². The molecule has 0 fully saturated rings. The quantitative estimate of drug-likeness (QED) is 0.232. The third-order valence-corrected chi connectivity index (χ3v) is 7.05. The van der Waals surface area contributed by atoms with Gasteiger partial charge in [-0.25, -0.2) is 4.98 Å². The van der Waals surface area contributed by atoms with Gasteiger partial charge in [-0.1, -0.05) is 64.1 Å². The van der Waals surface area contributed by atoms with Crippen molar-refractivity contribution < 1.29 is 0 Å². The zero-order valence-corrected chi connectivity index (χ0v) is 24.2. The summed E-state index contributed by atoms with van der Waals surface area (Å²) in [5, 5.41) is 2.15. The Morgan fingerprint density at radius 3 is 1.79 bits per heavy atom. The number of allylic oxidation sites excluding steroid dienone is 1. The van der Waals surface area contributed by atoms with E-state index in [0.29, 0.717) is 0 Å². The predicted molar refractivity (Wildman–Crippen MR) is 168 cm³/mol. The fourth-order valence-corrected chi connectivity index (χ4v) is 5.21. The van der Waals surface area contributed by atoms with E-state index in [2.05, 4.69) is 126 Å². The van der Waals surface area contributed by atoms with Crippen LogP contribution in [0.2, 0.25) is 0 Å². The average Bonchev–Trinajstić information content (AvgIpc) is 3.41. The monoisotopic (exact) mass is 523 g/mol. The van der Waals surface area contributed by atoms with E-state index < -0.39 is 0 Å². The molecule has 0 radical (unpaired) electrons. The van der Waals surface area contributed by atoms with Gasteiger partial charge in [0.1, 0.15) is 5.82 Å². The van der Waals surface area contributed by atoms with Gasteiger partial charge >= 0.3 is 0 Å². The zero-order chi connectivity index (χ0) is 27.5. The van der Waals surface area contributed by atoms with Crippen LogP contribution in [0.5, 0.6) is 0 Å². The summed E-state index contributed by atoms with van der Waals surface area (Å²) in [6.45, 7) is 13.3. The summed E-state index contributed by atoms with van der Waals surface area (Å²) in [7, 11) is 0. The highest BCUT2D eigenvalue weighted by molar-refractivity contribution is 5.60. The van der Waals surface area contributed by atoms with Crippen molar-refractivity contribution in [3.63, 3.8) is 0 Å². The van der Waals surface area contributed by atoms with Crippen LogP contribution in [0, 0.1) is 0 Å². The van der Waals surface area contributed by atoms with Crippen LogP contribution in [0.15, 0.2) is 90.8 Å². The molecule has 0 aliphatic carbocycles. The van der Waals surface area contributed by atoms with Crippen molar-refractivity contribution in [2.75, 3.05) is 41.0 Å². The van der Waals surface area contributed by atoms with Gasteiger partial charge in [0.05, 0.1) is 11.7 Å². The number of aromatic nitrogens is 1. The SMILES string of the molecule is CCCN(CCC)c1ccc(C=CC2=CC(c3ccc(N(CCC)CCC)cc3)N(c3ccccn3)N2)cc1. The Morgan fingerprint density at radius 1 is 0.718 bits per heavy atom. The molecule has 5 nitrogen and oxygen atoms in total. The topological polar surface area (TPSA) is 34.6 Å². The van der Waals surface area contributed by atoms with Gasteiger partial charge in [0.15, 0.2) is 0 Å². The van der Waals surface area contributed by atoms with Crippen LogP contribution in [0.1, 0.15) is 70.5 Å². The lowest BCUT2D eigenvalue weighted by Crippen LogP contribution is -2.34. The molecule has 1 atom stereocenters. The molecule has 1 unspecified atom stereocenters. The van der Waals surface area contributed by atoms with Crippen molar-refractivity contribution >= 4 is 23.3 Å². The van der Waals surface area contributed by atoms with Crippen molar-refractivity contribution in [1.29, 1.82) is 0 Å². The molecule has 0 spiro atoms. The standard InChI is InChI=1S/C34H45N5/c1-5-23-37(24-6-2)31-18-13-28(14-19-31)12-17-30-27-33(39(36-30)34-11-9-10-22-35-34)29-15-20-32(21-16-29)38(25-7-3)26-8-4/h9-22,27,33,36H,5-8,23-26H2,1-4H3. The molecule has 2 aromatic carbocycles. The Balaban J connectivity index is 1.54. The van der Waals surface area contributed by atoms with E-state index in [9.17, 15) is 0 Å². The van der Waals surface area contributed by atoms with E-state index in [1.807, 2.05) is 18.3 Å².